The molecule has 6 atom stereocenters. The molecule has 0 aromatic heterocycles. The second-order valence-corrected chi connectivity index (χ2v) is 28.9. The molecule has 0 saturated carbocycles. The summed E-state index contributed by atoms with van der Waals surface area (Å²) in [5, 5.41) is 10.6. The molecule has 3 N–H and O–H groups in total. The zero-order valence-corrected chi connectivity index (χ0v) is 59.5. The quantitative estimate of drug-likeness (QED) is 0.0222. The van der Waals surface area contributed by atoms with E-state index in [0.29, 0.717) is 25.7 Å². The van der Waals surface area contributed by atoms with Crippen molar-refractivity contribution in [3.05, 3.63) is 0 Å². The standard InChI is InChI=1S/C70H136O17P2/c1-7-10-12-14-16-18-19-20-23-30-36-42-48-54-69(74)86-65(58-80-67(72)52-46-40-34-17-15-13-11-8-2)60-84-88(76,77)82-56-64(71)57-83-89(78,79)85-61-66(87-70(75)55-49-43-37-31-24-21-22-27-32-38-44-50-62(4)5)59-81-68(73)53-47-41-35-29-26-25-28-33-39-45-51-63(6)9-3/h62-66,71H,7-61H2,1-6H3,(H,76,77)(H,78,79)/t63?,64-,65+,66+/m0/s1. The highest BCUT2D eigenvalue weighted by Gasteiger charge is 2.30. The van der Waals surface area contributed by atoms with Crippen molar-refractivity contribution in [3.8, 4) is 0 Å². The molecule has 0 spiro atoms. The molecule has 0 amide bonds. The lowest BCUT2D eigenvalue weighted by molar-refractivity contribution is -0.161. The van der Waals surface area contributed by atoms with E-state index in [0.717, 1.165) is 108 Å². The fourth-order valence-corrected chi connectivity index (χ4v) is 12.1. The lowest BCUT2D eigenvalue weighted by Crippen LogP contribution is -2.30. The highest BCUT2D eigenvalue weighted by molar-refractivity contribution is 7.47. The van der Waals surface area contributed by atoms with E-state index < -0.39 is 97.5 Å². The van der Waals surface area contributed by atoms with Gasteiger partial charge in [-0.2, -0.15) is 0 Å². The maximum atomic E-state index is 13.0. The van der Waals surface area contributed by atoms with Crippen LogP contribution in [0.3, 0.4) is 0 Å². The van der Waals surface area contributed by atoms with E-state index in [9.17, 15) is 43.2 Å². The number of esters is 4. The summed E-state index contributed by atoms with van der Waals surface area (Å²) in [6, 6.07) is 0. The topological polar surface area (TPSA) is 237 Å². The third-order valence-electron chi connectivity index (χ3n) is 16.6. The van der Waals surface area contributed by atoms with E-state index in [1.54, 1.807) is 0 Å². The number of aliphatic hydroxyl groups is 1. The molecular weight excluding hydrogens is 1170 g/mol. The molecule has 3 unspecified atom stereocenters. The Labute approximate surface area is 543 Å². The summed E-state index contributed by atoms with van der Waals surface area (Å²) in [7, 11) is -9.90. The van der Waals surface area contributed by atoms with Gasteiger partial charge in [-0.3, -0.25) is 37.3 Å². The van der Waals surface area contributed by atoms with Crippen LogP contribution in [0.15, 0.2) is 0 Å². The number of ether oxygens (including phenoxy) is 4. The van der Waals surface area contributed by atoms with E-state index in [1.807, 2.05) is 0 Å². The van der Waals surface area contributed by atoms with Crippen molar-refractivity contribution in [2.45, 2.75) is 374 Å². The Hall–Kier alpha value is -1.94. The van der Waals surface area contributed by atoms with Crippen LogP contribution in [-0.4, -0.2) is 96.7 Å². The van der Waals surface area contributed by atoms with Crippen LogP contribution >= 0.6 is 15.6 Å². The summed E-state index contributed by atoms with van der Waals surface area (Å²) in [6.45, 7) is 9.56. The third kappa shape index (κ3) is 63.2. The first-order valence-electron chi connectivity index (χ1n) is 36.5. The molecule has 0 aromatic rings. The van der Waals surface area contributed by atoms with E-state index in [4.69, 9.17) is 37.0 Å². The van der Waals surface area contributed by atoms with Crippen molar-refractivity contribution in [3.63, 3.8) is 0 Å². The number of unbranched alkanes of at least 4 members (excludes halogenated alkanes) is 38. The number of rotatable bonds is 69. The smallest absolute Gasteiger partial charge is 0.462 e. The van der Waals surface area contributed by atoms with Gasteiger partial charge in [-0.25, -0.2) is 9.13 Å². The average Bonchev–Trinajstić information content (AvgIpc) is 3.72. The summed E-state index contributed by atoms with van der Waals surface area (Å²) < 4.78 is 68.2. The number of phosphoric acid groups is 2. The molecule has 0 aliphatic heterocycles. The zero-order chi connectivity index (χ0) is 65.7. The molecule has 528 valence electrons. The van der Waals surface area contributed by atoms with E-state index >= 15 is 0 Å². The molecule has 19 heteroatoms. The van der Waals surface area contributed by atoms with Gasteiger partial charge in [0.2, 0.25) is 0 Å². The summed E-state index contributed by atoms with van der Waals surface area (Å²) in [5.74, 6) is -0.550. The Morgan fingerprint density at radius 1 is 0.326 bits per heavy atom. The van der Waals surface area contributed by atoms with Gasteiger partial charge in [0, 0.05) is 25.7 Å². The van der Waals surface area contributed by atoms with Gasteiger partial charge in [0.25, 0.3) is 0 Å². The second-order valence-electron chi connectivity index (χ2n) is 26.0. The van der Waals surface area contributed by atoms with Crippen LogP contribution in [0.1, 0.15) is 356 Å². The summed E-state index contributed by atoms with van der Waals surface area (Å²) in [6.07, 6.45) is 47.0. The molecule has 0 aliphatic rings. The van der Waals surface area contributed by atoms with Crippen LogP contribution < -0.4 is 0 Å². The van der Waals surface area contributed by atoms with Crippen LogP contribution in [0.2, 0.25) is 0 Å². The Bertz CT molecular complexity index is 1740. The molecule has 0 saturated heterocycles. The summed E-state index contributed by atoms with van der Waals surface area (Å²) >= 11 is 0. The van der Waals surface area contributed by atoms with Crippen LogP contribution in [0.5, 0.6) is 0 Å². The van der Waals surface area contributed by atoms with Crippen LogP contribution in [0, 0.1) is 11.8 Å². The van der Waals surface area contributed by atoms with Gasteiger partial charge in [-0.15, -0.1) is 0 Å². The van der Waals surface area contributed by atoms with Crippen molar-refractivity contribution >= 4 is 39.5 Å². The van der Waals surface area contributed by atoms with Crippen LogP contribution in [0.25, 0.3) is 0 Å². The highest BCUT2D eigenvalue weighted by Crippen LogP contribution is 2.45. The monoisotopic (exact) mass is 1310 g/mol. The number of hydrogen-bond donors (Lipinski definition) is 3. The summed E-state index contributed by atoms with van der Waals surface area (Å²) in [4.78, 5) is 72.5. The number of aliphatic hydroxyl groups excluding tert-OH is 1. The van der Waals surface area contributed by atoms with E-state index in [-0.39, 0.29) is 25.7 Å². The molecule has 17 nitrogen and oxygen atoms in total. The second kappa shape index (κ2) is 62.2. The number of phosphoric ester groups is 2. The van der Waals surface area contributed by atoms with Crippen molar-refractivity contribution < 1.29 is 80.2 Å². The number of carbonyl (C=O) groups excluding carboxylic acids is 4. The normalized spacial score (nSPS) is 14.4. The third-order valence-corrected chi connectivity index (χ3v) is 18.5. The predicted octanol–water partition coefficient (Wildman–Crippen LogP) is 20.0. The van der Waals surface area contributed by atoms with Crippen LogP contribution in [0.4, 0.5) is 0 Å². The average molecular weight is 1310 g/mol. The molecule has 0 heterocycles. The largest absolute Gasteiger partial charge is 0.472 e. The van der Waals surface area contributed by atoms with Gasteiger partial charge in [0.1, 0.15) is 19.3 Å². The van der Waals surface area contributed by atoms with E-state index in [2.05, 4.69) is 41.5 Å². The molecule has 0 rings (SSSR count). The number of carbonyl (C=O) groups is 4. The first kappa shape index (κ1) is 87.1. The fourth-order valence-electron chi connectivity index (χ4n) is 10.6. The molecule has 0 aromatic carbocycles. The highest BCUT2D eigenvalue weighted by atomic mass is 31.2. The van der Waals surface area contributed by atoms with Gasteiger partial charge in [0.15, 0.2) is 12.2 Å². The lowest BCUT2D eigenvalue weighted by atomic mass is 9.99. The zero-order valence-electron chi connectivity index (χ0n) is 57.7. The minimum atomic E-state index is -4.95. The molecule has 0 bridgehead atoms. The fraction of sp³-hybridized carbons (Fsp3) is 0.943. The predicted molar refractivity (Wildman–Crippen MR) is 358 cm³/mol. The van der Waals surface area contributed by atoms with Gasteiger partial charge >= 0.3 is 39.5 Å². The van der Waals surface area contributed by atoms with Crippen molar-refractivity contribution in [2.24, 2.45) is 11.8 Å². The molecule has 0 aliphatic carbocycles. The minimum absolute atomic E-state index is 0.106. The SMILES string of the molecule is CCCCCCCCCCCCCCCC(=O)O[C@H](COC(=O)CCCCCCCCCC)COP(=O)(O)OC[C@H](O)COP(=O)(O)OC[C@@H](COC(=O)CCCCCCCCCCCCC(C)CC)OC(=O)CCCCCCCCCCCCCC(C)C. The Morgan fingerprint density at radius 3 is 0.854 bits per heavy atom. The molecule has 0 fully saturated rings. The van der Waals surface area contributed by atoms with Crippen LogP contribution in [-0.2, 0) is 65.4 Å². The van der Waals surface area contributed by atoms with Gasteiger partial charge in [-0.1, -0.05) is 305 Å². The summed E-state index contributed by atoms with van der Waals surface area (Å²) in [5.41, 5.74) is 0. The van der Waals surface area contributed by atoms with Crippen molar-refractivity contribution in [1.82, 2.24) is 0 Å². The van der Waals surface area contributed by atoms with Crippen molar-refractivity contribution in [1.29, 1.82) is 0 Å². The first-order valence-corrected chi connectivity index (χ1v) is 39.5. The molecule has 0 radical (unpaired) electrons. The van der Waals surface area contributed by atoms with Gasteiger partial charge in [0.05, 0.1) is 26.4 Å². The van der Waals surface area contributed by atoms with Gasteiger partial charge in [-0.05, 0) is 37.5 Å². The lowest BCUT2D eigenvalue weighted by Gasteiger charge is -2.21. The number of hydrogen-bond acceptors (Lipinski definition) is 15. The molecule has 89 heavy (non-hydrogen) atoms. The Morgan fingerprint density at radius 2 is 0.573 bits per heavy atom. The van der Waals surface area contributed by atoms with Crippen molar-refractivity contribution in [2.75, 3.05) is 39.6 Å². The first-order chi connectivity index (χ1) is 42.9. The maximum Gasteiger partial charge on any atom is 0.472 e. The van der Waals surface area contributed by atoms with Gasteiger partial charge < -0.3 is 33.8 Å². The minimum Gasteiger partial charge on any atom is -0.462 e. The molecular formula is C70H136O17P2. The van der Waals surface area contributed by atoms with E-state index in [1.165, 1.54) is 167 Å². The Kier molecular flexibility index (Phi) is 60.8. The maximum absolute atomic E-state index is 13.0. The Balaban J connectivity index is 5.24.